The predicted molar refractivity (Wildman–Crippen MR) is 68.2 cm³/mol. The fourth-order valence-corrected chi connectivity index (χ4v) is 1.71. The third-order valence-corrected chi connectivity index (χ3v) is 2.57. The number of anilines is 1. The van der Waals surface area contributed by atoms with Crippen molar-refractivity contribution < 1.29 is 4.74 Å². The van der Waals surface area contributed by atoms with Gasteiger partial charge < -0.3 is 10.5 Å². The highest BCUT2D eigenvalue weighted by molar-refractivity contribution is 9.10. The molecule has 0 spiro atoms. The Morgan fingerprint density at radius 1 is 1.35 bits per heavy atom. The topological polar surface area (TPSA) is 73.9 Å². The van der Waals surface area contributed by atoms with Crippen LogP contribution in [0.15, 0.2) is 22.9 Å². The zero-order chi connectivity index (χ0) is 12.4. The van der Waals surface area contributed by atoms with Gasteiger partial charge in [-0.1, -0.05) is 0 Å². The van der Waals surface area contributed by atoms with Gasteiger partial charge in [0.1, 0.15) is 11.4 Å². The number of hydrogen-bond donors (Lipinski definition) is 1. The maximum atomic E-state index is 5.80. The van der Waals surface area contributed by atoms with Gasteiger partial charge in [-0.2, -0.15) is 4.98 Å². The average Bonchev–Trinajstić information content (AvgIpc) is 2.25. The van der Waals surface area contributed by atoms with Crippen LogP contribution in [0.25, 0.3) is 0 Å². The standard InChI is InChI=1S/C10H8BrClN4O/c1-5-8(13)9(16-10(12)15-5)17-7-2-6(11)3-14-4-7/h2-4H,13H2,1H3. The Hall–Kier alpha value is -1.40. The van der Waals surface area contributed by atoms with E-state index < -0.39 is 0 Å². The molecule has 88 valence electrons. The number of nitrogens with zero attached hydrogens (tertiary/aromatic N) is 3. The lowest BCUT2D eigenvalue weighted by molar-refractivity contribution is 0.461. The Kier molecular flexibility index (Phi) is 3.44. The van der Waals surface area contributed by atoms with Crippen molar-refractivity contribution in [1.82, 2.24) is 15.0 Å². The van der Waals surface area contributed by atoms with Crippen LogP contribution in [0.2, 0.25) is 5.28 Å². The molecule has 2 aromatic rings. The first-order valence-electron chi connectivity index (χ1n) is 4.64. The highest BCUT2D eigenvalue weighted by Gasteiger charge is 2.10. The lowest BCUT2D eigenvalue weighted by Gasteiger charge is -2.08. The number of nitrogen functional groups attached to an aromatic ring is 1. The summed E-state index contributed by atoms with van der Waals surface area (Å²) >= 11 is 9.03. The molecule has 2 heterocycles. The Morgan fingerprint density at radius 3 is 2.82 bits per heavy atom. The molecule has 0 aliphatic rings. The van der Waals surface area contributed by atoms with Crippen molar-refractivity contribution in [2.24, 2.45) is 0 Å². The molecule has 2 rings (SSSR count). The molecule has 0 fully saturated rings. The molecule has 0 atom stereocenters. The summed E-state index contributed by atoms with van der Waals surface area (Å²) in [6.45, 7) is 1.73. The maximum Gasteiger partial charge on any atom is 0.247 e. The Balaban J connectivity index is 2.36. The van der Waals surface area contributed by atoms with E-state index in [1.54, 1.807) is 25.4 Å². The van der Waals surface area contributed by atoms with Crippen LogP contribution < -0.4 is 10.5 Å². The molecule has 0 saturated heterocycles. The number of halogens is 2. The summed E-state index contributed by atoms with van der Waals surface area (Å²) in [4.78, 5) is 11.8. The predicted octanol–water partition coefficient (Wildman–Crippen LogP) is 2.97. The second-order valence-electron chi connectivity index (χ2n) is 3.24. The third kappa shape index (κ3) is 2.83. The summed E-state index contributed by atoms with van der Waals surface area (Å²) in [7, 11) is 0. The van der Waals surface area contributed by atoms with Crippen molar-refractivity contribution in [3.05, 3.63) is 33.9 Å². The van der Waals surface area contributed by atoms with E-state index in [9.17, 15) is 0 Å². The summed E-state index contributed by atoms with van der Waals surface area (Å²) in [6, 6.07) is 1.75. The van der Waals surface area contributed by atoms with Crippen molar-refractivity contribution in [3.63, 3.8) is 0 Å². The van der Waals surface area contributed by atoms with Gasteiger partial charge >= 0.3 is 0 Å². The summed E-state index contributed by atoms with van der Waals surface area (Å²) in [5, 5.41) is 0.0923. The second-order valence-corrected chi connectivity index (χ2v) is 4.49. The molecule has 0 amide bonds. The van der Waals surface area contributed by atoms with E-state index in [2.05, 4.69) is 30.9 Å². The molecule has 0 aliphatic carbocycles. The quantitative estimate of drug-likeness (QED) is 0.862. The monoisotopic (exact) mass is 314 g/mol. The van der Waals surface area contributed by atoms with Crippen molar-refractivity contribution in [3.8, 4) is 11.6 Å². The van der Waals surface area contributed by atoms with Crippen LogP contribution in [-0.4, -0.2) is 15.0 Å². The molecule has 0 bridgehead atoms. The van der Waals surface area contributed by atoms with Gasteiger partial charge in [0, 0.05) is 10.7 Å². The summed E-state index contributed by atoms with van der Waals surface area (Å²) < 4.78 is 6.30. The van der Waals surface area contributed by atoms with Gasteiger partial charge in [-0.25, -0.2) is 4.98 Å². The molecule has 0 unspecified atom stereocenters. The minimum atomic E-state index is 0.0923. The van der Waals surface area contributed by atoms with Crippen LogP contribution in [-0.2, 0) is 0 Å². The van der Waals surface area contributed by atoms with Gasteiger partial charge in [0.15, 0.2) is 0 Å². The first-order chi connectivity index (χ1) is 8.06. The van der Waals surface area contributed by atoms with Gasteiger partial charge in [-0.05, 0) is 40.5 Å². The lowest BCUT2D eigenvalue weighted by atomic mass is 10.4. The Bertz CT molecular complexity index is 564. The first kappa shape index (κ1) is 12.1. The van der Waals surface area contributed by atoms with E-state index in [1.165, 1.54) is 0 Å². The van der Waals surface area contributed by atoms with Crippen LogP contribution in [0.3, 0.4) is 0 Å². The third-order valence-electron chi connectivity index (χ3n) is 1.97. The SMILES string of the molecule is Cc1nc(Cl)nc(Oc2cncc(Br)c2)c1N. The van der Waals surface area contributed by atoms with Crippen molar-refractivity contribution in [2.45, 2.75) is 6.92 Å². The maximum absolute atomic E-state index is 5.80. The molecule has 2 N–H and O–H groups in total. The Morgan fingerprint density at radius 2 is 2.12 bits per heavy atom. The highest BCUT2D eigenvalue weighted by atomic mass is 79.9. The van der Waals surface area contributed by atoms with Gasteiger partial charge in [0.25, 0.3) is 0 Å². The second kappa shape index (κ2) is 4.85. The fourth-order valence-electron chi connectivity index (χ4n) is 1.16. The average molecular weight is 316 g/mol. The first-order valence-corrected chi connectivity index (χ1v) is 5.81. The molecule has 7 heteroatoms. The number of hydrogen-bond acceptors (Lipinski definition) is 5. The molecule has 0 aromatic carbocycles. The van der Waals surface area contributed by atoms with Gasteiger partial charge in [-0.3, -0.25) is 4.98 Å². The van der Waals surface area contributed by atoms with Crippen molar-refractivity contribution in [1.29, 1.82) is 0 Å². The number of pyridine rings is 1. The summed E-state index contributed by atoms with van der Waals surface area (Å²) in [5.41, 5.74) is 6.72. The molecule has 0 aliphatic heterocycles. The van der Waals surface area contributed by atoms with Crippen LogP contribution in [0, 0.1) is 6.92 Å². The van der Waals surface area contributed by atoms with Crippen LogP contribution >= 0.6 is 27.5 Å². The van der Waals surface area contributed by atoms with Gasteiger partial charge in [-0.15, -0.1) is 0 Å². The molecule has 2 aromatic heterocycles. The van der Waals surface area contributed by atoms with Gasteiger partial charge in [0.2, 0.25) is 11.2 Å². The van der Waals surface area contributed by atoms with Crippen molar-refractivity contribution >= 4 is 33.2 Å². The van der Waals surface area contributed by atoms with E-state index in [0.717, 1.165) is 4.47 Å². The lowest BCUT2D eigenvalue weighted by Crippen LogP contribution is -2.01. The number of ether oxygens (including phenoxy) is 1. The zero-order valence-electron chi connectivity index (χ0n) is 8.82. The van der Waals surface area contributed by atoms with E-state index >= 15 is 0 Å². The number of nitrogens with two attached hydrogens (primary N) is 1. The zero-order valence-corrected chi connectivity index (χ0v) is 11.2. The number of rotatable bonds is 2. The molecule has 5 nitrogen and oxygen atoms in total. The van der Waals surface area contributed by atoms with E-state index in [1.807, 2.05) is 0 Å². The van der Waals surface area contributed by atoms with Crippen LogP contribution in [0.1, 0.15) is 5.69 Å². The molecule has 17 heavy (non-hydrogen) atoms. The summed E-state index contributed by atoms with van der Waals surface area (Å²) in [6.07, 6.45) is 3.20. The summed E-state index contributed by atoms with van der Waals surface area (Å²) in [5.74, 6) is 0.739. The van der Waals surface area contributed by atoms with E-state index in [-0.39, 0.29) is 11.2 Å². The number of aryl methyl sites for hydroxylation is 1. The molecule has 0 saturated carbocycles. The smallest absolute Gasteiger partial charge is 0.247 e. The van der Waals surface area contributed by atoms with Crippen LogP contribution in [0.5, 0.6) is 11.6 Å². The fraction of sp³-hybridized carbons (Fsp3) is 0.100. The number of aromatic nitrogens is 3. The van der Waals surface area contributed by atoms with E-state index in [4.69, 9.17) is 22.1 Å². The van der Waals surface area contributed by atoms with Gasteiger partial charge in [0.05, 0.1) is 11.9 Å². The molecular formula is C10H8BrClN4O. The van der Waals surface area contributed by atoms with Crippen molar-refractivity contribution in [2.75, 3.05) is 5.73 Å². The molecular weight excluding hydrogens is 307 g/mol. The minimum absolute atomic E-state index is 0.0923. The molecule has 0 radical (unpaired) electrons. The minimum Gasteiger partial charge on any atom is -0.435 e. The van der Waals surface area contributed by atoms with E-state index in [0.29, 0.717) is 17.1 Å². The van der Waals surface area contributed by atoms with Crippen LogP contribution in [0.4, 0.5) is 5.69 Å². The normalized spacial score (nSPS) is 10.3. The Labute approximate surface area is 111 Å². The largest absolute Gasteiger partial charge is 0.435 e. The highest BCUT2D eigenvalue weighted by Crippen LogP contribution is 2.28.